The van der Waals surface area contributed by atoms with Crippen molar-refractivity contribution in [1.29, 1.82) is 0 Å². The number of nitrogens with two attached hydrogens (primary N) is 1. The Labute approximate surface area is 149 Å². The number of nitrogen functional groups attached to an aromatic ring is 1. The molecule has 0 fully saturated rings. The van der Waals surface area contributed by atoms with E-state index in [4.69, 9.17) is 5.73 Å². The maximum absolute atomic E-state index is 11.6. The lowest BCUT2D eigenvalue weighted by Crippen LogP contribution is -1.96. The van der Waals surface area contributed by atoms with Crippen molar-refractivity contribution in [3.05, 3.63) is 59.5 Å². The van der Waals surface area contributed by atoms with Crippen molar-refractivity contribution < 1.29 is 18.3 Å². The Morgan fingerprint density at radius 1 is 1.00 bits per heavy atom. The minimum atomic E-state index is -3.28. The van der Waals surface area contributed by atoms with E-state index in [0.717, 1.165) is 27.8 Å². The van der Waals surface area contributed by atoms with Gasteiger partial charge in [-0.05, 0) is 41.5 Å². The Morgan fingerprint density at radius 3 is 2.08 bits per heavy atom. The minimum Gasteiger partial charge on any atom is -0.477 e. The van der Waals surface area contributed by atoms with E-state index in [2.05, 4.69) is 0 Å². The molecule has 0 radical (unpaired) electrons. The number of rotatable bonds is 4. The van der Waals surface area contributed by atoms with Gasteiger partial charge in [-0.25, -0.2) is 13.2 Å². The molecule has 3 rings (SSSR count). The molecule has 0 amide bonds. The largest absolute Gasteiger partial charge is 0.477 e. The molecule has 0 aliphatic heterocycles. The van der Waals surface area contributed by atoms with E-state index in [0.29, 0.717) is 5.69 Å². The first-order valence-electron chi connectivity index (χ1n) is 7.29. The monoisotopic (exact) mass is 373 g/mol. The molecule has 0 saturated carbocycles. The molecule has 7 heteroatoms. The number of carboxylic acids is 1. The van der Waals surface area contributed by atoms with Crippen LogP contribution in [-0.2, 0) is 9.84 Å². The molecule has 5 nitrogen and oxygen atoms in total. The van der Waals surface area contributed by atoms with E-state index in [-0.39, 0.29) is 9.77 Å². The van der Waals surface area contributed by atoms with Crippen LogP contribution >= 0.6 is 11.3 Å². The molecule has 0 bridgehead atoms. The fourth-order valence-electron chi connectivity index (χ4n) is 2.44. The van der Waals surface area contributed by atoms with Gasteiger partial charge in [-0.2, -0.15) is 0 Å². The molecule has 2 aromatic carbocycles. The van der Waals surface area contributed by atoms with Crippen LogP contribution in [0.15, 0.2) is 59.5 Å². The second kappa shape index (κ2) is 6.34. The highest BCUT2D eigenvalue weighted by atomic mass is 32.2. The molecule has 0 unspecified atom stereocenters. The van der Waals surface area contributed by atoms with Gasteiger partial charge in [-0.15, -0.1) is 11.3 Å². The summed E-state index contributed by atoms with van der Waals surface area (Å²) in [6.45, 7) is 0. The Balaban J connectivity index is 2.14. The Morgan fingerprint density at radius 2 is 1.56 bits per heavy atom. The lowest BCUT2D eigenvalue weighted by molar-refractivity contribution is 0.0702. The van der Waals surface area contributed by atoms with E-state index in [9.17, 15) is 18.3 Å². The molecular weight excluding hydrogens is 358 g/mol. The van der Waals surface area contributed by atoms with Crippen molar-refractivity contribution in [2.75, 3.05) is 12.0 Å². The quantitative estimate of drug-likeness (QED) is 0.679. The van der Waals surface area contributed by atoms with E-state index in [1.165, 1.54) is 23.5 Å². The van der Waals surface area contributed by atoms with Crippen molar-refractivity contribution in [1.82, 2.24) is 0 Å². The van der Waals surface area contributed by atoms with Crippen molar-refractivity contribution in [3.63, 3.8) is 0 Å². The molecule has 0 aliphatic rings. The number of thiophene rings is 1. The molecule has 128 valence electrons. The van der Waals surface area contributed by atoms with Gasteiger partial charge in [0.25, 0.3) is 0 Å². The normalized spacial score (nSPS) is 11.4. The van der Waals surface area contributed by atoms with Gasteiger partial charge in [-0.3, -0.25) is 0 Å². The Bertz CT molecular complexity index is 1030. The van der Waals surface area contributed by atoms with Crippen LogP contribution in [0.2, 0.25) is 0 Å². The van der Waals surface area contributed by atoms with Gasteiger partial charge in [0.2, 0.25) is 0 Å². The Kier molecular flexibility index (Phi) is 4.36. The standard InChI is InChI=1S/C18H15NO4S2/c1-25(22,23)14-8-4-11(5-9-14)15-10-16(18(20)21)24-17(15)12-2-6-13(19)7-3-12/h2-10H,19H2,1H3,(H,20,21). The highest BCUT2D eigenvalue weighted by Gasteiger charge is 2.17. The SMILES string of the molecule is CS(=O)(=O)c1ccc(-c2cc(C(=O)O)sc2-c2ccc(N)cc2)cc1. The summed E-state index contributed by atoms with van der Waals surface area (Å²) >= 11 is 1.17. The van der Waals surface area contributed by atoms with Crippen molar-refractivity contribution >= 4 is 32.8 Å². The molecule has 1 aromatic heterocycles. The van der Waals surface area contributed by atoms with E-state index >= 15 is 0 Å². The second-order valence-corrected chi connectivity index (χ2v) is 8.65. The third-order valence-corrected chi connectivity index (χ3v) is 6.01. The molecule has 0 aliphatic carbocycles. The van der Waals surface area contributed by atoms with Gasteiger partial charge in [0.15, 0.2) is 9.84 Å². The number of carboxylic acid groups (broad SMARTS) is 1. The third kappa shape index (κ3) is 3.57. The van der Waals surface area contributed by atoms with E-state index in [1.54, 1.807) is 30.3 Å². The van der Waals surface area contributed by atoms with Crippen molar-refractivity contribution in [2.24, 2.45) is 0 Å². The van der Waals surface area contributed by atoms with Gasteiger partial charge in [0, 0.05) is 22.4 Å². The average Bonchev–Trinajstić information content (AvgIpc) is 3.00. The van der Waals surface area contributed by atoms with Gasteiger partial charge in [0.1, 0.15) is 4.88 Å². The predicted molar refractivity (Wildman–Crippen MR) is 99.7 cm³/mol. The number of sulfone groups is 1. The summed E-state index contributed by atoms with van der Waals surface area (Å²) in [5.74, 6) is -0.999. The summed E-state index contributed by atoms with van der Waals surface area (Å²) < 4.78 is 23.2. The van der Waals surface area contributed by atoms with Crippen molar-refractivity contribution in [2.45, 2.75) is 4.90 Å². The first-order valence-corrected chi connectivity index (χ1v) is 10.00. The van der Waals surface area contributed by atoms with Gasteiger partial charge in [-0.1, -0.05) is 24.3 Å². The number of carbonyl (C=O) groups is 1. The van der Waals surface area contributed by atoms with Crippen LogP contribution in [0, 0.1) is 0 Å². The zero-order valence-electron chi connectivity index (χ0n) is 13.3. The number of benzene rings is 2. The Hall–Kier alpha value is -2.64. The lowest BCUT2D eigenvalue weighted by atomic mass is 10.0. The summed E-state index contributed by atoms with van der Waals surface area (Å²) in [4.78, 5) is 12.6. The fourth-order valence-corrected chi connectivity index (χ4v) is 4.10. The zero-order chi connectivity index (χ0) is 18.2. The zero-order valence-corrected chi connectivity index (χ0v) is 14.9. The van der Waals surface area contributed by atoms with Crippen LogP contribution < -0.4 is 5.73 Å². The van der Waals surface area contributed by atoms with E-state index < -0.39 is 15.8 Å². The number of aromatic carboxylic acids is 1. The molecule has 0 spiro atoms. The summed E-state index contributed by atoms with van der Waals surface area (Å²) in [5, 5.41) is 9.32. The van der Waals surface area contributed by atoms with E-state index in [1.807, 2.05) is 12.1 Å². The highest BCUT2D eigenvalue weighted by molar-refractivity contribution is 7.90. The fraction of sp³-hybridized carbons (Fsp3) is 0.0556. The molecule has 0 atom stereocenters. The molecule has 1 heterocycles. The van der Waals surface area contributed by atoms with Gasteiger partial charge in [0.05, 0.1) is 4.90 Å². The van der Waals surface area contributed by atoms with Gasteiger partial charge < -0.3 is 10.8 Å². The summed E-state index contributed by atoms with van der Waals surface area (Å²) in [7, 11) is -3.28. The molecule has 3 N–H and O–H groups in total. The topological polar surface area (TPSA) is 97.5 Å². The van der Waals surface area contributed by atoms with Gasteiger partial charge >= 0.3 is 5.97 Å². The summed E-state index contributed by atoms with van der Waals surface area (Å²) in [5.41, 5.74) is 8.69. The third-order valence-electron chi connectivity index (χ3n) is 3.71. The molecule has 3 aromatic rings. The first-order chi connectivity index (χ1) is 11.8. The number of hydrogen-bond acceptors (Lipinski definition) is 5. The highest BCUT2D eigenvalue weighted by Crippen LogP contribution is 2.39. The number of hydrogen-bond donors (Lipinski definition) is 2. The molecule has 0 saturated heterocycles. The summed E-state index contributed by atoms with van der Waals surface area (Å²) in [6, 6.07) is 15.2. The number of anilines is 1. The van der Waals surface area contributed by atoms with Crippen LogP contribution in [0.25, 0.3) is 21.6 Å². The van der Waals surface area contributed by atoms with Crippen LogP contribution in [0.3, 0.4) is 0 Å². The van der Waals surface area contributed by atoms with Crippen LogP contribution in [0.1, 0.15) is 9.67 Å². The van der Waals surface area contributed by atoms with Crippen molar-refractivity contribution in [3.8, 4) is 21.6 Å². The second-order valence-electron chi connectivity index (χ2n) is 5.58. The average molecular weight is 373 g/mol. The summed E-state index contributed by atoms with van der Waals surface area (Å²) in [6.07, 6.45) is 1.15. The smallest absolute Gasteiger partial charge is 0.345 e. The lowest BCUT2D eigenvalue weighted by Gasteiger charge is -2.06. The maximum Gasteiger partial charge on any atom is 0.345 e. The van der Waals surface area contributed by atoms with Crippen LogP contribution in [0.5, 0.6) is 0 Å². The van der Waals surface area contributed by atoms with Crippen LogP contribution in [0.4, 0.5) is 5.69 Å². The maximum atomic E-state index is 11.6. The first kappa shape index (κ1) is 17.2. The molecule has 25 heavy (non-hydrogen) atoms. The molecular formula is C18H15NO4S2. The predicted octanol–water partition coefficient (Wildman–Crippen LogP) is 3.77. The minimum absolute atomic E-state index is 0.217. The van der Waals surface area contributed by atoms with Crippen LogP contribution in [-0.4, -0.2) is 25.7 Å².